The number of nitrogen functional groups attached to an aromatic ring is 1. The molecule has 1 aromatic carbocycles. The van der Waals surface area contributed by atoms with Gasteiger partial charge in [0.15, 0.2) is 0 Å². The van der Waals surface area contributed by atoms with Gasteiger partial charge in [-0.2, -0.15) is 0 Å². The van der Waals surface area contributed by atoms with Gasteiger partial charge in [0, 0.05) is 18.0 Å². The Balaban J connectivity index is 2.22. The zero-order valence-electron chi connectivity index (χ0n) is 12.8. The highest BCUT2D eigenvalue weighted by molar-refractivity contribution is 5.77. The highest BCUT2D eigenvalue weighted by Crippen LogP contribution is 2.37. The Bertz CT molecular complexity index is 644. The van der Waals surface area contributed by atoms with E-state index in [4.69, 9.17) is 10.7 Å². The van der Waals surface area contributed by atoms with Crippen LogP contribution in [0.3, 0.4) is 0 Å². The fraction of sp³-hybridized carbons (Fsp3) is 0.471. The molecule has 0 radical (unpaired) electrons. The SMILES string of the molecule is Cc1cc(C)c(-c2nc3n(c2N)CCCC3C)c(C)c1. The summed E-state index contributed by atoms with van der Waals surface area (Å²) < 4.78 is 2.21. The summed E-state index contributed by atoms with van der Waals surface area (Å²) in [5, 5.41) is 0. The van der Waals surface area contributed by atoms with Crippen LogP contribution < -0.4 is 5.73 Å². The lowest BCUT2D eigenvalue weighted by Gasteiger charge is -2.20. The molecule has 20 heavy (non-hydrogen) atoms. The van der Waals surface area contributed by atoms with Gasteiger partial charge >= 0.3 is 0 Å². The average molecular weight is 269 g/mol. The average Bonchev–Trinajstić information content (AvgIpc) is 2.68. The minimum atomic E-state index is 0.505. The van der Waals surface area contributed by atoms with Crippen LogP contribution in [0, 0.1) is 20.8 Å². The number of imidazole rings is 1. The predicted molar refractivity (Wildman–Crippen MR) is 83.9 cm³/mol. The summed E-state index contributed by atoms with van der Waals surface area (Å²) in [6, 6.07) is 4.42. The number of fused-ring (bicyclic) bond motifs is 1. The summed E-state index contributed by atoms with van der Waals surface area (Å²) in [5.41, 5.74) is 12.4. The topological polar surface area (TPSA) is 43.8 Å². The van der Waals surface area contributed by atoms with E-state index in [2.05, 4.69) is 44.4 Å². The molecule has 0 aliphatic carbocycles. The first kappa shape index (κ1) is 13.2. The lowest BCUT2D eigenvalue weighted by Crippen LogP contribution is -2.15. The van der Waals surface area contributed by atoms with E-state index in [-0.39, 0.29) is 0 Å². The molecule has 3 rings (SSSR count). The van der Waals surface area contributed by atoms with Gasteiger partial charge in [0.2, 0.25) is 0 Å². The van der Waals surface area contributed by atoms with Gasteiger partial charge in [-0.15, -0.1) is 0 Å². The van der Waals surface area contributed by atoms with Crippen LogP contribution in [0.1, 0.15) is 48.2 Å². The highest BCUT2D eigenvalue weighted by Gasteiger charge is 2.24. The van der Waals surface area contributed by atoms with E-state index in [1.54, 1.807) is 0 Å². The Labute approximate surface area is 120 Å². The first-order valence-electron chi connectivity index (χ1n) is 7.43. The maximum atomic E-state index is 6.39. The van der Waals surface area contributed by atoms with Crippen LogP contribution >= 0.6 is 0 Å². The lowest BCUT2D eigenvalue weighted by molar-refractivity contribution is 0.467. The minimum absolute atomic E-state index is 0.505. The molecule has 0 spiro atoms. The van der Waals surface area contributed by atoms with Gasteiger partial charge in [-0.3, -0.25) is 0 Å². The molecule has 1 aromatic heterocycles. The van der Waals surface area contributed by atoms with Crippen molar-refractivity contribution in [2.45, 2.75) is 53.0 Å². The number of nitrogens with zero attached hydrogens (tertiary/aromatic N) is 2. The Hall–Kier alpha value is -1.77. The van der Waals surface area contributed by atoms with Gasteiger partial charge in [-0.05, 0) is 44.7 Å². The normalized spacial score (nSPS) is 18.1. The number of anilines is 1. The van der Waals surface area contributed by atoms with E-state index >= 15 is 0 Å². The molecular formula is C17H23N3. The van der Waals surface area contributed by atoms with Crippen molar-refractivity contribution in [3.05, 3.63) is 34.6 Å². The summed E-state index contributed by atoms with van der Waals surface area (Å²) in [6.07, 6.45) is 2.40. The number of aromatic nitrogens is 2. The largest absolute Gasteiger partial charge is 0.383 e. The molecule has 3 nitrogen and oxygen atoms in total. The van der Waals surface area contributed by atoms with E-state index < -0.39 is 0 Å². The maximum Gasteiger partial charge on any atom is 0.131 e. The third-order valence-electron chi connectivity index (χ3n) is 4.41. The standard InChI is InChI=1S/C17H23N3/c1-10-8-12(3)14(13(4)9-10)15-16(18)20-7-5-6-11(2)17(20)19-15/h8-9,11H,5-7,18H2,1-4H3. The quantitative estimate of drug-likeness (QED) is 0.851. The Morgan fingerprint density at radius 1 is 1.20 bits per heavy atom. The molecule has 0 fully saturated rings. The number of hydrogen-bond acceptors (Lipinski definition) is 2. The van der Waals surface area contributed by atoms with Crippen molar-refractivity contribution in [2.75, 3.05) is 5.73 Å². The second-order valence-electron chi connectivity index (χ2n) is 6.17. The molecule has 1 unspecified atom stereocenters. The third kappa shape index (κ3) is 1.92. The van der Waals surface area contributed by atoms with Crippen molar-refractivity contribution in [2.24, 2.45) is 0 Å². The van der Waals surface area contributed by atoms with Crippen molar-refractivity contribution in [1.82, 2.24) is 9.55 Å². The smallest absolute Gasteiger partial charge is 0.131 e. The molecule has 0 saturated heterocycles. The Morgan fingerprint density at radius 2 is 1.85 bits per heavy atom. The van der Waals surface area contributed by atoms with Crippen LogP contribution in [-0.4, -0.2) is 9.55 Å². The van der Waals surface area contributed by atoms with Crippen molar-refractivity contribution in [1.29, 1.82) is 0 Å². The third-order valence-corrected chi connectivity index (χ3v) is 4.41. The predicted octanol–water partition coefficient (Wildman–Crippen LogP) is 3.95. The van der Waals surface area contributed by atoms with Gasteiger partial charge < -0.3 is 10.3 Å². The maximum absolute atomic E-state index is 6.39. The Morgan fingerprint density at radius 3 is 2.45 bits per heavy atom. The molecule has 0 bridgehead atoms. The number of hydrogen-bond donors (Lipinski definition) is 1. The number of nitrogens with two attached hydrogens (primary N) is 1. The van der Waals surface area contributed by atoms with Crippen LogP contribution in [0.2, 0.25) is 0 Å². The molecule has 2 heterocycles. The monoisotopic (exact) mass is 269 g/mol. The molecule has 3 heteroatoms. The fourth-order valence-electron chi connectivity index (χ4n) is 3.52. The molecule has 1 aliphatic rings. The lowest BCUT2D eigenvalue weighted by atomic mass is 9.97. The number of aryl methyl sites for hydroxylation is 3. The summed E-state index contributed by atoms with van der Waals surface area (Å²) in [6.45, 7) is 9.68. The van der Waals surface area contributed by atoms with Crippen LogP contribution in [0.5, 0.6) is 0 Å². The number of rotatable bonds is 1. The molecule has 106 valence electrons. The number of benzene rings is 1. The molecule has 1 aliphatic heterocycles. The summed E-state index contributed by atoms with van der Waals surface area (Å²) in [4.78, 5) is 4.89. The van der Waals surface area contributed by atoms with Crippen molar-refractivity contribution in [3.8, 4) is 11.3 Å². The van der Waals surface area contributed by atoms with Gasteiger partial charge in [0.05, 0.1) is 0 Å². The van der Waals surface area contributed by atoms with Crippen molar-refractivity contribution >= 4 is 5.82 Å². The van der Waals surface area contributed by atoms with Crippen LogP contribution in [0.25, 0.3) is 11.3 Å². The zero-order valence-corrected chi connectivity index (χ0v) is 12.8. The fourth-order valence-corrected chi connectivity index (χ4v) is 3.52. The first-order chi connectivity index (χ1) is 9.49. The van der Waals surface area contributed by atoms with E-state index in [1.165, 1.54) is 35.1 Å². The molecule has 2 aromatic rings. The van der Waals surface area contributed by atoms with Gasteiger partial charge in [-0.25, -0.2) is 4.98 Å². The minimum Gasteiger partial charge on any atom is -0.383 e. The molecule has 2 N–H and O–H groups in total. The summed E-state index contributed by atoms with van der Waals surface area (Å²) in [7, 11) is 0. The Kier molecular flexibility index (Phi) is 3.08. The van der Waals surface area contributed by atoms with E-state index in [0.717, 1.165) is 23.9 Å². The van der Waals surface area contributed by atoms with E-state index in [0.29, 0.717) is 5.92 Å². The molecule has 0 saturated carbocycles. The van der Waals surface area contributed by atoms with Crippen LogP contribution in [0.4, 0.5) is 5.82 Å². The highest BCUT2D eigenvalue weighted by atomic mass is 15.2. The van der Waals surface area contributed by atoms with Crippen molar-refractivity contribution in [3.63, 3.8) is 0 Å². The first-order valence-corrected chi connectivity index (χ1v) is 7.43. The molecule has 1 atom stereocenters. The van der Waals surface area contributed by atoms with Gasteiger partial charge in [0.1, 0.15) is 17.3 Å². The molecular weight excluding hydrogens is 246 g/mol. The van der Waals surface area contributed by atoms with Gasteiger partial charge in [-0.1, -0.05) is 24.6 Å². The zero-order chi connectivity index (χ0) is 14.4. The van der Waals surface area contributed by atoms with Crippen LogP contribution in [0.15, 0.2) is 12.1 Å². The van der Waals surface area contributed by atoms with Gasteiger partial charge in [0.25, 0.3) is 0 Å². The van der Waals surface area contributed by atoms with Crippen molar-refractivity contribution < 1.29 is 0 Å². The molecule has 0 amide bonds. The van der Waals surface area contributed by atoms with Crippen LogP contribution in [-0.2, 0) is 6.54 Å². The summed E-state index contributed by atoms with van der Waals surface area (Å²) in [5.74, 6) is 2.50. The second kappa shape index (κ2) is 4.65. The second-order valence-corrected chi connectivity index (χ2v) is 6.17. The van der Waals surface area contributed by atoms with E-state index in [9.17, 15) is 0 Å². The van der Waals surface area contributed by atoms with E-state index in [1.807, 2.05) is 0 Å². The summed E-state index contributed by atoms with van der Waals surface area (Å²) >= 11 is 0.